The molecule has 1 aromatic carbocycles. The van der Waals surface area contributed by atoms with Gasteiger partial charge in [0.25, 0.3) is 0 Å². The number of nitriles is 1. The number of halogens is 2. The first-order valence-electron chi connectivity index (χ1n) is 5.28. The normalized spacial score (nSPS) is 13.8. The highest BCUT2D eigenvalue weighted by molar-refractivity contribution is 7.84. The van der Waals surface area contributed by atoms with Crippen LogP contribution in [-0.4, -0.2) is 29.3 Å². The van der Waals surface area contributed by atoms with Crippen LogP contribution in [0.2, 0.25) is 0 Å². The van der Waals surface area contributed by atoms with Crippen LogP contribution in [0.4, 0.5) is 14.5 Å². The summed E-state index contributed by atoms with van der Waals surface area (Å²) in [5.74, 6) is -1.26. The standard InChI is InChI=1S/C12H14F2N2OS/c1-8(7-18(3)17)16(2)12-10(13)4-9(6-15)5-11(12)14/h4-5,8H,7H2,1-3H3/t8-,18+/m0/s1. The Morgan fingerprint density at radius 1 is 1.44 bits per heavy atom. The fourth-order valence-corrected chi connectivity index (χ4v) is 2.54. The van der Waals surface area contributed by atoms with Crippen LogP contribution in [0, 0.1) is 23.0 Å². The van der Waals surface area contributed by atoms with Gasteiger partial charge >= 0.3 is 0 Å². The molecule has 0 spiro atoms. The largest absolute Gasteiger partial charge is 0.366 e. The van der Waals surface area contributed by atoms with Crippen LogP contribution < -0.4 is 4.90 Å². The van der Waals surface area contributed by atoms with Crippen molar-refractivity contribution >= 4 is 16.5 Å². The van der Waals surface area contributed by atoms with E-state index in [0.717, 1.165) is 12.1 Å². The third-order valence-corrected chi connectivity index (χ3v) is 3.59. The molecule has 3 nitrogen and oxygen atoms in total. The summed E-state index contributed by atoms with van der Waals surface area (Å²) < 4.78 is 38.6. The van der Waals surface area contributed by atoms with Crippen molar-refractivity contribution in [3.05, 3.63) is 29.3 Å². The fraction of sp³-hybridized carbons (Fsp3) is 0.417. The Hall–Kier alpha value is -1.48. The molecule has 0 heterocycles. The van der Waals surface area contributed by atoms with Crippen LogP contribution in [0.5, 0.6) is 0 Å². The van der Waals surface area contributed by atoms with Crippen molar-refractivity contribution in [2.45, 2.75) is 13.0 Å². The Kier molecular flexibility index (Phi) is 4.79. The summed E-state index contributed by atoms with van der Waals surface area (Å²) in [6, 6.07) is 3.40. The topological polar surface area (TPSA) is 44.1 Å². The minimum absolute atomic E-state index is 0.0612. The van der Waals surface area contributed by atoms with Gasteiger partial charge in [0.05, 0.1) is 11.6 Å². The average molecular weight is 272 g/mol. The van der Waals surface area contributed by atoms with E-state index in [2.05, 4.69) is 0 Å². The second-order valence-corrected chi connectivity index (χ2v) is 5.58. The third-order valence-electron chi connectivity index (χ3n) is 2.64. The van der Waals surface area contributed by atoms with Crippen molar-refractivity contribution in [3.8, 4) is 6.07 Å². The molecule has 1 rings (SSSR count). The van der Waals surface area contributed by atoms with Crippen LogP contribution in [0.25, 0.3) is 0 Å². The molecule has 0 radical (unpaired) electrons. The summed E-state index contributed by atoms with van der Waals surface area (Å²) >= 11 is 0. The predicted octanol–water partition coefficient (Wildman–Crippen LogP) is 2.04. The van der Waals surface area contributed by atoms with Crippen molar-refractivity contribution in [3.63, 3.8) is 0 Å². The van der Waals surface area contributed by atoms with E-state index in [4.69, 9.17) is 5.26 Å². The van der Waals surface area contributed by atoms with Gasteiger partial charge in [-0.25, -0.2) is 8.78 Å². The molecule has 0 fully saturated rings. The van der Waals surface area contributed by atoms with E-state index >= 15 is 0 Å². The van der Waals surface area contributed by atoms with E-state index in [-0.39, 0.29) is 17.3 Å². The maximum Gasteiger partial charge on any atom is 0.150 e. The van der Waals surface area contributed by atoms with Crippen molar-refractivity contribution in [2.75, 3.05) is 24.0 Å². The van der Waals surface area contributed by atoms with Crippen LogP contribution in [0.1, 0.15) is 12.5 Å². The van der Waals surface area contributed by atoms with Gasteiger partial charge in [-0.1, -0.05) is 0 Å². The molecular formula is C12H14F2N2OS. The molecule has 0 aliphatic rings. The molecule has 0 aromatic heterocycles. The number of nitrogens with zero attached hydrogens (tertiary/aromatic N) is 2. The molecule has 0 saturated heterocycles. The molecule has 1 aromatic rings. The highest BCUT2D eigenvalue weighted by Gasteiger charge is 2.20. The number of benzene rings is 1. The summed E-state index contributed by atoms with van der Waals surface area (Å²) in [7, 11) is 0.485. The van der Waals surface area contributed by atoms with Gasteiger partial charge in [-0.3, -0.25) is 4.21 Å². The number of anilines is 1. The summed E-state index contributed by atoms with van der Waals surface area (Å²) in [6.45, 7) is 1.73. The molecule has 0 aliphatic carbocycles. The van der Waals surface area contributed by atoms with E-state index in [1.165, 1.54) is 18.2 Å². The molecular weight excluding hydrogens is 258 g/mol. The maximum atomic E-state index is 13.7. The van der Waals surface area contributed by atoms with E-state index in [9.17, 15) is 13.0 Å². The lowest BCUT2D eigenvalue weighted by Crippen LogP contribution is -2.34. The molecule has 0 unspecified atom stereocenters. The molecule has 6 heteroatoms. The minimum Gasteiger partial charge on any atom is -0.366 e. The lowest BCUT2D eigenvalue weighted by atomic mass is 10.1. The summed E-state index contributed by atoms with van der Waals surface area (Å²) in [6.07, 6.45) is 1.54. The van der Waals surface area contributed by atoms with Crippen molar-refractivity contribution in [2.24, 2.45) is 0 Å². The second kappa shape index (κ2) is 5.91. The first kappa shape index (κ1) is 14.6. The molecule has 18 heavy (non-hydrogen) atoms. The Bertz CT molecular complexity index is 490. The van der Waals surface area contributed by atoms with Crippen LogP contribution >= 0.6 is 0 Å². The first-order valence-corrected chi connectivity index (χ1v) is 7.01. The molecule has 0 aliphatic heterocycles. The van der Waals surface area contributed by atoms with Gasteiger partial charge in [0.2, 0.25) is 0 Å². The van der Waals surface area contributed by atoms with E-state index in [1.807, 2.05) is 0 Å². The SMILES string of the molecule is C[C@@H](C[S@@](C)=O)N(C)c1c(F)cc(C#N)cc1F. The van der Waals surface area contributed by atoms with Crippen LogP contribution in [-0.2, 0) is 10.8 Å². The van der Waals surface area contributed by atoms with Gasteiger partial charge in [0.1, 0.15) is 5.69 Å². The van der Waals surface area contributed by atoms with Gasteiger partial charge in [0, 0.05) is 35.9 Å². The van der Waals surface area contributed by atoms with Gasteiger partial charge in [-0.15, -0.1) is 0 Å². The Labute approximate surface area is 107 Å². The van der Waals surface area contributed by atoms with Gasteiger partial charge in [-0.2, -0.15) is 5.26 Å². The van der Waals surface area contributed by atoms with Gasteiger partial charge < -0.3 is 4.90 Å². The average Bonchev–Trinajstić information content (AvgIpc) is 2.26. The van der Waals surface area contributed by atoms with Crippen LogP contribution in [0.15, 0.2) is 12.1 Å². The quantitative estimate of drug-likeness (QED) is 0.842. The molecule has 0 amide bonds. The zero-order chi connectivity index (χ0) is 13.9. The van der Waals surface area contributed by atoms with Crippen molar-refractivity contribution in [1.29, 1.82) is 5.26 Å². The summed E-state index contributed by atoms with van der Waals surface area (Å²) in [4.78, 5) is 1.40. The summed E-state index contributed by atoms with van der Waals surface area (Å²) in [5, 5.41) is 8.61. The molecule has 2 atom stereocenters. The smallest absolute Gasteiger partial charge is 0.150 e. The van der Waals surface area contributed by atoms with E-state index in [0.29, 0.717) is 5.75 Å². The zero-order valence-electron chi connectivity index (χ0n) is 10.4. The maximum absolute atomic E-state index is 13.7. The third kappa shape index (κ3) is 3.26. The Balaban J connectivity index is 3.10. The first-order chi connectivity index (χ1) is 8.36. The van der Waals surface area contributed by atoms with Crippen molar-refractivity contribution in [1.82, 2.24) is 0 Å². The van der Waals surface area contributed by atoms with Crippen molar-refractivity contribution < 1.29 is 13.0 Å². The molecule has 98 valence electrons. The minimum atomic E-state index is -1.05. The van der Waals surface area contributed by atoms with E-state index < -0.39 is 22.4 Å². The monoisotopic (exact) mass is 272 g/mol. The zero-order valence-corrected chi connectivity index (χ0v) is 11.2. The Morgan fingerprint density at radius 2 is 1.94 bits per heavy atom. The Morgan fingerprint density at radius 3 is 2.33 bits per heavy atom. The number of rotatable bonds is 4. The summed E-state index contributed by atoms with van der Waals surface area (Å²) in [5.41, 5.74) is -0.263. The highest BCUT2D eigenvalue weighted by Crippen LogP contribution is 2.25. The van der Waals surface area contributed by atoms with E-state index in [1.54, 1.807) is 13.0 Å². The number of hydrogen-bond acceptors (Lipinski definition) is 3. The lowest BCUT2D eigenvalue weighted by molar-refractivity contribution is 0.567. The molecule has 0 N–H and O–H groups in total. The lowest BCUT2D eigenvalue weighted by Gasteiger charge is -2.27. The highest BCUT2D eigenvalue weighted by atomic mass is 32.2. The van der Waals surface area contributed by atoms with Crippen LogP contribution in [0.3, 0.4) is 0 Å². The second-order valence-electron chi connectivity index (χ2n) is 4.10. The molecule has 0 saturated carbocycles. The fourth-order valence-electron chi connectivity index (χ4n) is 1.64. The molecule has 0 bridgehead atoms. The van der Waals surface area contributed by atoms with Gasteiger partial charge in [-0.05, 0) is 19.1 Å². The predicted molar refractivity (Wildman–Crippen MR) is 67.9 cm³/mol. The number of hydrogen-bond donors (Lipinski definition) is 0. The van der Waals surface area contributed by atoms with Gasteiger partial charge in [0.15, 0.2) is 11.6 Å².